The molecule has 2 aromatic heterocycles. The van der Waals surface area contributed by atoms with Crippen molar-refractivity contribution in [3.05, 3.63) is 53.3 Å². The van der Waals surface area contributed by atoms with Crippen LogP contribution in [0.4, 0.5) is 0 Å². The molecule has 0 aliphatic heterocycles. The number of hydrogen-bond acceptors (Lipinski definition) is 5. The SMILES string of the molecule is COc1ccnc(C(=O)NCCc2nc3ccccc3s2)c1. The Balaban J connectivity index is 1.59. The van der Waals surface area contributed by atoms with Crippen LogP contribution in [0.1, 0.15) is 15.5 Å². The molecule has 22 heavy (non-hydrogen) atoms. The van der Waals surface area contributed by atoms with Gasteiger partial charge in [-0.25, -0.2) is 4.98 Å². The van der Waals surface area contributed by atoms with Gasteiger partial charge in [-0.3, -0.25) is 9.78 Å². The van der Waals surface area contributed by atoms with E-state index in [4.69, 9.17) is 4.74 Å². The van der Waals surface area contributed by atoms with E-state index < -0.39 is 0 Å². The van der Waals surface area contributed by atoms with Crippen LogP contribution in [0.15, 0.2) is 42.6 Å². The van der Waals surface area contributed by atoms with Gasteiger partial charge in [0.25, 0.3) is 5.91 Å². The fourth-order valence-corrected chi connectivity index (χ4v) is 3.03. The van der Waals surface area contributed by atoms with Gasteiger partial charge in [-0.2, -0.15) is 0 Å². The molecule has 0 saturated carbocycles. The molecular formula is C16H15N3O2S. The molecule has 0 unspecified atom stereocenters. The van der Waals surface area contributed by atoms with Gasteiger partial charge < -0.3 is 10.1 Å². The van der Waals surface area contributed by atoms with Gasteiger partial charge in [0.15, 0.2) is 0 Å². The first kappa shape index (κ1) is 14.5. The number of benzene rings is 1. The van der Waals surface area contributed by atoms with Gasteiger partial charge in [-0.1, -0.05) is 12.1 Å². The van der Waals surface area contributed by atoms with Crippen LogP contribution in [0, 0.1) is 0 Å². The fraction of sp³-hybridized carbons (Fsp3) is 0.188. The molecule has 2 heterocycles. The number of para-hydroxylation sites is 1. The topological polar surface area (TPSA) is 64.1 Å². The highest BCUT2D eigenvalue weighted by Gasteiger charge is 2.09. The van der Waals surface area contributed by atoms with Gasteiger partial charge in [0.2, 0.25) is 0 Å². The number of ether oxygens (including phenoxy) is 1. The van der Waals surface area contributed by atoms with Crippen LogP contribution in [0.5, 0.6) is 5.75 Å². The van der Waals surface area contributed by atoms with Crippen LogP contribution < -0.4 is 10.1 Å². The number of carbonyl (C=O) groups is 1. The summed E-state index contributed by atoms with van der Waals surface area (Å²) in [6, 6.07) is 11.3. The molecule has 112 valence electrons. The zero-order chi connectivity index (χ0) is 15.4. The van der Waals surface area contributed by atoms with E-state index in [0.717, 1.165) is 10.5 Å². The smallest absolute Gasteiger partial charge is 0.270 e. The number of thiazole rings is 1. The quantitative estimate of drug-likeness (QED) is 0.786. The van der Waals surface area contributed by atoms with Crippen LogP contribution in [-0.4, -0.2) is 29.5 Å². The summed E-state index contributed by atoms with van der Waals surface area (Å²) >= 11 is 1.65. The Labute approximate surface area is 132 Å². The second kappa shape index (κ2) is 6.53. The molecule has 1 amide bonds. The summed E-state index contributed by atoms with van der Waals surface area (Å²) in [7, 11) is 1.56. The number of nitrogens with one attached hydrogen (secondary N) is 1. The maximum atomic E-state index is 12.0. The second-order valence-electron chi connectivity index (χ2n) is 4.66. The summed E-state index contributed by atoms with van der Waals surface area (Å²) in [5.74, 6) is 0.409. The molecule has 0 bridgehead atoms. The highest BCUT2D eigenvalue weighted by molar-refractivity contribution is 7.18. The standard InChI is InChI=1S/C16H15N3O2S/c1-21-11-6-8-17-13(10-11)16(20)18-9-7-15-19-12-4-2-3-5-14(12)22-15/h2-6,8,10H,7,9H2,1H3,(H,18,20). The number of fused-ring (bicyclic) bond motifs is 1. The summed E-state index contributed by atoms with van der Waals surface area (Å²) in [4.78, 5) is 20.6. The Morgan fingerprint density at radius 3 is 3.00 bits per heavy atom. The molecule has 3 aromatic rings. The van der Waals surface area contributed by atoms with Crippen molar-refractivity contribution >= 4 is 27.5 Å². The van der Waals surface area contributed by atoms with Crippen molar-refractivity contribution in [2.24, 2.45) is 0 Å². The van der Waals surface area contributed by atoms with Crippen LogP contribution in [0.3, 0.4) is 0 Å². The Morgan fingerprint density at radius 2 is 2.18 bits per heavy atom. The van der Waals surface area contributed by atoms with Crippen molar-refractivity contribution in [3.8, 4) is 5.75 Å². The minimum absolute atomic E-state index is 0.208. The fourth-order valence-electron chi connectivity index (χ4n) is 2.06. The van der Waals surface area contributed by atoms with E-state index in [9.17, 15) is 4.79 Å². The van der Waals surface area contributed by atoms with Crippen molar-refractivity contribution in [1.29, 1.82) is 0 Å². The van der Waals surface area contributed by atoms with E-state index in [1.54, 1.807) is 36.8 Å². The Hall–Kier alpha value is -2.47. The highest BCUT2D eigenvalue weighted by atomic mass is 32.1. The number of methoxy groups -OCH3 is 1. The Bertz CT molecular complexity index is 768. The number of carbonyl (C=O) groups excluding carboxylic acids is 1. The average Bonchev–Trinajstić information content (AvgIpc) is 2.97. The lowest BCUT2D eigenvalue weighted by molar-refractivity contribution is 0.0949. The van der Waals surface area contributed by atoms with Crippen LogP contribution in [0.25, 0.3) is 10.2 Å². The molecule has 0 saturated heterocycles. The maximum absolute atomic E-state index is 12.0. The second-order valence-corrected chi connectivity index (χ2v) is 5.78. The van der Waals surface area contributed by atoms with E-state index in [-0.39, 0.29) is 5.91 Å². The average molecular weight is 313 g/mol. The summed E-state index contributed by atoms with van der Waals surface area (Å²) in [5, 5.41) is 3.87. The highest BCUT2D eigenvalue weighted by Crippen LogP contribution is 2.21. The van der Waals surface area contributed by atoms with Gasteiger partial charge in [0.1, 0.15) is 11.4 Å². The molecule has 0 spiro atoms. The molecule has 3 rings (SSSR count). The van der Waals surface area contributed by atoms with E-state index in [2.05, 4.69) is 21.4 Å². The zero-order valence-electron chi connectivity index (χ0n) is 12.1. The molecule has 0 radical (unpaired) electrons. The lowest BCUT2D eigenvalue weighted by Crippen LogP contribution is -2.26. The molecular weight excluding hydrogens is 298 g/mol. The third-order valence-electron chi connectivity index (χ3n) is 3.16. The first-order valence-corrected chi connectivity index (χ1v) is 7.70. The lowest BCUT2D eigenvalue weighted by Gasteiger charge is -2.04. The first-order chi connectivity index (χ1) is 10.8. The Morgan fingerprint density at radius 1 is 1.32 bits per heavy atom. The summed E-state index contributed by atoms with van der Waals surface area (Å²) in [6.07, 6.45) is 2.26. The molecule has 0 aliphatic rings. The molecule has 0 atom stereocenters. The zero-order valence-corrected chi connectivity index (χ0v) is 12.9. The van der Waals surface area contributed by atoms with Gasteiger partial charge >= 0.3 is 0 Å². The monoisotopic (exact) mass is 313 g/mol. The van der Waals surface area contributed by atoms with Crippen LogP contribution in [0.2, 0.25) is 0 Å². The third kappa shape index (κ3) is 3.23. The van der Waals surface area contributed by atoms with E-state index >= 15 is 0 Å². The van der Waals surface area contributed by atoms with Crippen molar-refractivity contribution in [3.63, 3.8) is 0 Å². The normalized spacial score (nSPS) is 10.6. The predicted octanol–water partition coefficient (Wildman–Crippen LogP) is 2.67. The molecule has 0 fully saturated rings. The van der Waals surface area contributed by atoms with Crippen molar-refractivity contribution < 1.29 is 9.53 Å². The minimum atomic E-state index is -0.208. The van der Waals surface area contributed by atoms with Crippen LogP contribution in [-0.2, 0) is 6.42 Å². The van der Waals surface area contributed by atoms with Gasteiger partial charge in [0.05, 0.1) is 22.3 Å². The molecule has 1 aromatic carbocycles. The predicted molar refractivity (Wildman–Crippen MR) is 86.4 cm³/mol. The lowest BCUT2D eigenvalue weighted by atomic mass is 10.3. The number of nitrogens with zero attached hydrogens (tertiary/aromatic N) is 2. The maximum Gasteiger partial charge on any atom is 0.270 e. The minimum Gasteiger partial charge on any atom is -0.497 e. The largest absolute Gasteiger partial charge is 0.497 e. The van der Waals surface area contributed by atoms with E-state index in [1.807, 2.05) is 18.2 Å². The van der Waals surface area contributed by atoms with Gasteiger partial charge in [-0.05, 0) is 18.2 Å². The van der Waals surface area contributed by atoms with E-state index in [0.29, 0.717) is 24.4 Å². The summed E-state index contributed by atoms with van der Waals surface area (Å²) in [6.45, 7) is 0.525. The number of pyridine rings is 1. The Kier molecular flexibility index (Phi) is 4.29. The first-order valence-electron chi connectivity index (χ1n) is 6.89. The number of aromatic nitrogens is 2. The molecule has 0 aliphatic carbocycles. The van der Waals surface area contributed by atoms with Gasteiger partial charge in [-0.15, -0.1) is 11.3 Å². The van der Waals surface area contributed by atoms with Gasteiger partial charge in [0, 0.05) is 25.2 Å². The molecule has 5 nitrogen and oxygen atoms in total. The third-order valence-corrected chi connectivity index (χ3v) is 4.26. The van der Waals surface area contributed by atoms with Crippen LogP contribution >= 0.6 is 11.3 Å². The molecule has 1 N–H and O–H groups in total. The van der Waals surface area contributed by atoms with Crippen molar-refractivity contribution in [1.82, 2.24) is 15.3 Å². The molecule has 6 heteroatoms. The van der Waals surface area contributed by atoms with E-state index in [1.165, 1.54) is 4.70 Å². The number of hydrogen-bond donors (Lipinski definition) is 1. The van der Waals surface area contributed by atoms with Crippen molar-refractivity contribution in [2.45, 2.75) is 6.42 Å². The summed E-state index contributed by atoms with van der Waals surface area (Å²) < 4.78 is 6.25. The number of rotatable bonds is 5. The van der Waals surface area contributed by atoms with Crippen molar-refractivity contribution in [2.75, 3.05) is 13.7 Å². The summed E-state index contributed by atoms with van der Waals surface area (Å²) in [5.41, 5.74) is 1.35. The number of amides is 1.